The molecule has 4 atom stereocenters. The van der Waals surface area contributed by atoms with E-state index in [-0.39, 0.29) is 23.0 Å². The van der Waals surface area contributed by atoms with E-state index in [1.165, 1.54) is 11.8 Å². The molecule has 1 aliphatic heterocycles. The predicted octanol–water partition coefficient (Wildman–Crippen LogP) is 3.17. The van der Waals surface area contributed by atoms with Gasteiger partial charge in [0.25, 0.3) is 0 Å². The van der Waals surface area contributed by atoms with Crippen molar-refractivity contribution in [2.75, 3.05) is 5.75 Å². The topological polar surface area (TPSA) is 74.7 Å². The summed E-state index contributed by atoms with van der Waals surface area (Å²) in [5.41, 5.74) is -0.431. The number of thioether (sulfide) groups is 1. The van der Waals surface area contributed by atoms with Crippen molar-refractivity contribution >= 4 is 28.8 Å². The molecule has 0 aromatic heterocycles. The molecule has 1 saturated heterocycles. The van der Waals surface area contributed by atoms with Gasteiger partial charge >= 0.3 is 5.97 Å². The summed E-state index contributed by atoms with van der Waals surface area (Å²) in [6.07, 6.45) is 4.68. The second-order valence-electron chi connectivity index (χ2n) is 8.20. The number of nitrogens with zero attached hydrogens (tertiary/aromatic N) is 1. The fourth-order valence-corrected chi connectivity index (χ4v) is 4.72. The van der Waals surface area contributed by atoms with Crippen molar-refractivity contribution in [1.82, 2.24) is 4.90 Å². The van der Waals surface area contributed by atoms with Crippen LogP contribution in [0, 0.1) is 17.3 Å². The Morgan fingerprint density at radius 3 is 2.42 bits per heavy atom. The number of rotatable bonds is 4. The van der Waals surface area contributed by atoms with Gasteiger partial charge in [0.1, 0.15) is 6.04 Å². The van der Waals surface area contributed by atoms with Crippen LogP contribution in [-0.2, 0) is 14.4 Å². The Kier molecular flexibility index (Phi) is 6.00. The largest absolute Gasteiger partial charge is 0.480 e. The summed E-state index contributed by atoms with van der Waals surface area (Å²) >= 11 is 1.18. The van der Waals surface area contributed by atoms with Crippen molar-refractivity contribution in [3.8, 4) is 0 Å². The third kappa shape index (κ3) is 4.13. The molecule has 0 spiro atoms. The summed E-state index contributed by atoms with van der Waals surface area (Å²) in [6.45, 7) is 7.40. The lowest BCUT2D eigenvalue weighted by Crippen LogP contribution is -2.48. The number of aliphatic carboxylic acids is 1. The highest BCUT2D eigenvalue weighted by atomic mass is 32.2. The first-order chi connectivity index (χ1) is 11.1. The van der Waals surface area contributed by atoms with Gasteiger partial charge in [-0.15, -0.1) is 0 Å². The average molecular weight is 356 g/mol. The molecule has 2 rings (SSSR count). The normalized spacial score (nSPS) is 28.3. The number of likely N-dealkylation sites (tertiary alicyclic amines) is 1. The van der Waals surface area contributed by atoms with E-state index in [2.05, 4.69) is 0 Å². The summed E-state index contributed by atoms with van der Waals surface area (Å²) in [5, 5.41) is 9.60. The Hall–Kier alpha value is -1.04. The number of carboxylic acid groups (broad SMARTS) is 1. The minimum atomic E-state index is -0.900. The van der Waals surface area contributed by atoms with E-state index >= 15 is 0 Å². The summed E-state index contributed by atoms with van der Waals surface area (Å²) in [6, 6.07) is -0.630. The minimum absolute atomic E-state index is 0.0638. The highest BCUT2D eigenvalue weighted by Crippen LogP contribution is 2.40. The zero-order valence-corrected chi connectivity index (χ0v) is 15.9. The Morgan fingerprint density at radius 2 is 1.83 bits per heavy atom. The number of carbonyl (C=O) groups excluding carboxylic acids is 2. The van der Waals surface area contributed by atoms with Crippen LogP contribution in [0.4, 0.5) is 0 Å². The maximum absolute atomic E-state index is 12.9. The minimum Gasteiger partial charge on any atom is -0.480 e. The van der Waals surface area contributed by atoms with E-state index in [0.29, 0.717) is 18.1 Å². The molecule has 1 aliphatic carbocycles. The lowest BCUT2D eigenvalue weighted by Gasteiger charge is -2.34. The lowest BCUT2D eigenvalue weighted by molar-refractivity contribution is -0.151. The van der Waals surface area contributed by atoms with E-state index in [4.69, 9.17) is 0 Å². The molecule has 6 heteroatoms. The summed E-state index contributed by atoms with van der Waals surface area (Å²) < 4.78 is 0. The summed E-state index contributed by atoms with van der Waals surface area (Å²) in [5.74, 6) is -0.618. The smallest absolute Gasteiger partial charge is 0.326 e. The molecule has 1 amide bonds. The molecule has 24 heavy (non-hydrogen) atoms. The van der Waals surface area contributed by atoms with Gasteiger partial charge in [-0.25, -0.2) is 4.79 Å². The lowest BCUT2D eigenvalue weighted by atomic mass is 9.84. The molecule has 2 fully saturated rings. The first kappa shape index (κ1) is 19.3. The molecule has 0 radical (unpaired) electrons. The van der Waals surface area contributed by atoms with Gasteiger partial charge in [-0.1, -0.05) is 52.3 Å². The van der Waals surface area contributed by atoms with Crippen molar-refractivity contribution in [3.63, 3.8) is 0 Å². The number of hydrogen-bond acceptors (Lipinski definition) is 4. The van der Waals surface area contributed by atoms with E-state index in [1.807, 2.05) is 20.8 Å². The van der Waals surface area contributed by atoms with E-state index in [0.717, 1.165) is 25.7 Å². The standard InChI is InChI=1S/C18H29NO4S/c1-11(10-24-17(23)18(2,3)4)15(20)19-13-8-6-5-7-12(13)9-14(19)16(21)22/h11-14H,5-10H2,1-4H3,(H,21,22)/t11?,12-,13-,14-/m0/s1. The number of carbonyl (C=O) groups is 3. The van der Waals surface area contributed by atoms with Crippen molar-refractivity contribution in [2.24, 2.45) is 17.3 Å². The second kappa shape index (κ2) is 7.46. The molecule has 1 unspecified atom stereocenters. The molecule has 5 nitrogen and oxygen atoms in total. The number of hydrogen-bond donors (Lipinski definition) is 1. The first-order valence-corrected chi connectivity index (χ1v) is 9.83. The molecule has 0 bridgehead atoms. The average Bonchev–Trinajstić information content (AvgIpc) is 2.90. The second-order valence-corrected chi connectivity index (χ2v) is 9.19. The quantitative estimate of drug-likeness (QED) is 0.838. The van der Waals surface area contributed by atoms with Crippen LogP contribution in [0.3, 0.4) is 0 Å². The number of carboxylic acids is 1. The fraction of sp³-hybridized carbons (Fsp3) is 0.833. The van der Waals surface area contributed by atoms with Crippen molar-refractivity contribution in [3.05, 3.63) is 0 Å². The van der Waals surface area contributed by atoms with Crippen LogP contribution in [0.25, 0.3) is 0 Å². The molecular formula is C18H29NO4S. The highest BCUT2D eigenvalue weighted by Gasteiger charge is 2.48. The monoisotopic (exact) mass is 355 g/mol. The zero-order valence-electron chi connectivity index (χ0n) is 15.1. The molecule has 0 aromatic carbocycles. The molecule has 1 N–H and O–H groups in total. The van der Waals surface area contributed by atoms with Crippen LogP contribution in [-0.4, -0.2) is 44.8 Å². The van der Waals surface area contributed by atoms with Crippen molar-refractivity contribution in [1.29, 1.82) is 0 Å². The molecular weight excluding hydrogens is 326 g/mol. The third-order valence-corrected chi connectivity index (χ3v) is 6.67. The van der Waals surface area contributed by atoms with Gasteiger partial charge < -0.3 is 10.0 Å². The third-order valence-electron chi connectivity index (χ3n) is 5.13. The zero-order chi connectivity index (χ0) is 18.1. The summed E-state index contributed by atoms with van der Waals surface area (Å²) in [7, 11) is 0. The van der Waals surface area contributed by atoms with E-state index in [9.17, 15) is 19.5 Å². The molecule has 1 saturated carbocycles. The van der Waals surface area contributed by atoms with Crippen LogP contribution >= 0.6 is 11.8 Å². The van der Waals surface area contributed by atoms with Crippen LogP contribution in [0.2, 0.25) is 0 Å². The van der Waals surface area contributed by atoms with Crippen LogP contribution in [0.15, 0.2) is 0 Å². The number of fused-ring (bicyclic) bond motifs is 1. The predicted molar refractivity (Wildman–Crippen MR) is 94.7 cm³/mol. The van der Waals surface area contributed by atoms with Gasteiger partial charge in [0.15, 0.2) is 5.12 Å². The maximum Gasteiger partial charge on any atom is 0.326 e. The van der Waals surface area contributed by atoms with Gasteiger partial charge in [0.05, 0.1) is 0 Å². The van der Waals surface area contributed by atoms with Crippen LogP contribution < -0.4 is 0 Å². The summed E-state index contributed by atoms with van der Waals surface area (Å²) in [4.78, 5) is 38.2. The van der Waals surface area contributed by atoms with Crippen LogP contribution in [0.5, 0.6) is 0 Å². The molecule has 2 aliphatic rings. The van der Waals surface area contributed by atoms with E-state index in [1.54, 1.807) is 11.8 Å². The van der Waals surface area contributed by atoms with Crippen molar-refractivity contribution in [2.45, 2.75) is 71.9 Å². The highest BCUT2D eigenvalue weighted by molar-refractivity contribution is 8.13. The molecule has 136 valence electrons. The van der Waals surface area contributed by atoms with Gasteiger partial charge in [-0.3, -0.25) is 9.59 Å². The number of amides is 1. The Balaban J connectivity index is 2.05. The van der Waals surface area contributed by atoms with Gasteiger partial charge in [-0.2, -0.15) is 0 Å². The molecule has 0 aromatic rings. The van der Waals surface area contributed by atoms with Gasteiger partial charge in [-0.05, 0) is 25.2 Å². The Morgan fingerprint density at radius 1 is 1.21 bits per heavy atom. The van der Waals surface area contributed by atoms with Gasteiger partial charge in [0.2, 0.25) is 5.91 Å². The van der Waals surface area contributed by atoms with E-state index < -0.39 is 17.4 Å². The fourth-order valence-electron chi connectivity index (χ4n) is 3.74. The van der Waals surface area contributed by atoms with Crippen LogP contribution in [0.1, 0.15) is 59.8 Å². The Bertz CT molecular complexity index is 514. The SMILES string of the molecule is CC(CSC(=O)C(C)(C)C)C(=O)N1[C@H](C(=O)O)C[C@@H]2CCCC[C@@H]21. The maximum atomic E-state index is 12.9. The van der Waals surface area contributed by atoms with Crippen molar-refractivity contribution < 1.29 is 19.5 Å². The molecule has 1 heterocycles. The van der Waals surface area contributed by atoms with Gasteiger partial charge in [0, 0.05) is 23.1 Å². The first-order valence-electron chi connectivity index (χ1n) is 8.85. The Labute approximate surface area is 148 Å².